The molecule has 3 aromatic carbocycles. The van der Waals surface area contributed by atoms with Crippen molar-refractivity contribution in [2.75, 3.05) is 12.8 Å². The lowest BCUT2D eigenvalue weighted by atomic mass is 10.0. The van der Waals surface area contributed by atoms with Crippen LogP contribution in [0.2, 0.25) is 0 Å². The van der Waals surface area contributed by atoms with Gasteiger partial charge in [-0.05, 0) is 34.9 Å². The van der Waals surface area contributed by atoms with E-state index in [4.69, 9.17) is 4.74 Å². The molecule has 2 amide bonds. The van der Waals surface area contributed by atoms with Gasteiger partial charge in [0.05, 0.1) is 23.9 Å². The number of hydrogen-bond acceptors (Lipinski definition) is 5. The molecule has 2 aliphatic rings. The zero-order valence-corrected chi connectivity index (χ0v) is 19.4. The van der Waals surface area contributed by atoms with Crippen LogP contribution in [0.4, 0.5) is 0 Å². The molecule has 8 heteroatoms. The zero-order chi connectivity index (χ0) is 23.9. The van der Waals surface area contributed by atoms with Gasteiger partial charge in [0.2, 0.25) is 5.91 Å². The van der Waals surface area contributed by atoms with Crippen molar-refractivity contribution in [3.63, 3.8) is 0 Å². The molecule has 34 heavy (non-hydrogen) atoms. The van der Waals surface area contributed by atoms with Crippen molar-refractivity contribution in [1.29, 1.82) is 0 Å². The van der Waals surface area contributed by atoms with Gasteiger partial charge in [-0.3, -0.25) is 9.59 Å². The standard InChI is InChI=1S/C26H24N2O5S/c1-34(31,32)19-11-9-16(10-12-19)20-8-4-5-17-13-18(33-25(17)20)15-27-24(29)14-23-21-6-2-3-7-22(21)26(30)28-23/h2-12,18,23H,13-15H2,1H3,(H,27,29)(H,28,30)/t18-,23-/m0/s1. The van der Waals surface area contributed by atoms with E-state index in [1.54, 1.807) is 30.3 Å². The van der Waals surface area contributed by atoms with E-state index in [0.29, 0.717) is 18.5 Å². The lowest BCUT2D eigenvalue weighted by molar-refractivity contribution is -0.121. The lowest BCUT2D eigenvalue weighted by Crippen LogP contribution is -2.36. The Kier molecular flexibility index (Phi) is 5.61. The summed E-state index contributed by atoms with van der Waals surface area (Å²) in [5.41, 5.74) is 4.26. The van der Waals surface area contributed by atoms with Crippen LogP contribution in [0.25, 0.3) is 11.1 Å². The molecule has 5 rings (SSSR count). The number of carbonyl (C=O) groups is 2. The zero-order valence-electron chi connectivity index (χ0n) is 18.6. The predicted octanol–water partition coefficient (Wildman–Crippen LogP) is 3.05. The highest BCUT2D eigenvalue weighted by atomic mass is 32.2. The van der Waals surface area contributed by atoms with E-state index >= 15 is 0 Å². The second-order valence-electron chi connectivity index (χ2n) is 8.66. The third-order valence-corrected chi connectivity index (χ3v) is 7.35. The van der Waals surface area contributed by atoms with Crippen LogP contribution in [0.5, 0.6) is 5.75 Å². The Labute approximate surface area is 198 Å². The SMILES string of the molecule is CS(=O)(=O)c1ccc(-c2cccc3c2O[C@H](CNC(=O)C[C@@H]2NC(=O)c4ccccc42)C3)cc1. The summed E-state index contributed by atoms with van der Waals surface area (Å²) in [7, 11) is -3.26. The summed E-state index contributed by atoms with van der Waals surface area (Å²) in [5.74, 6) is 0.448. The number of carbonyl (C=O) groups excluding carboxylic acids is 2. The lowest BCUT2D eigenvalue weighted by Gasteiger charge is -2.15. The Morgan fingerprint density at radius 2 is 1.76 bits per heavy atom. The van der Waals surface area contributed by atoms with E-state index in [1.807, 2.05) is 36.4 Å². The molecular formula is C26H24N2O5S. The summed E-state index contributed by atoms with van der Waals surface area (Å²) in [6, 6.07) is 19.6. The van der Waals surface area contributed by atoms with Gasteiger partial charge in [-0.1, -0.05) is 48.5 Å². The first kappa shape index (κ1) is 22.2. The molecular weight excluding hydrogens is 452 g/mol. The van der Waals surface area contributed by atoms with Crippen molar-refractivity contribution in [2.45, 2.75) is 29.9 Å². The third-order valence-electron chi connectivity index (χ3n) is 6.22. The molecule has 2 heterocycles. The molecule has 3 aromatic rings. The molecule has 2 N–H and O–H groups in total. The maximum Gasteiger partial charge on any atom is 0.252 e. The third kappa shape index (κ3) is 4.28. The molecule has 0 fully saturated rings. The number of fused-ring (bicyclic) bond motifs is 2. The Morgan fingerprint density at radius 1 is 1.03 bits per heavy atom. The summed E-state index contributed by atoms with van der Waals surface area (Å²) >= 11 is 0. The van der Waals surface area contributed by atoms with Gasteiger partial charge in [0.15, 0.2) is 9.84 Å². The molecule has 0 saturated carbocycles. The first-order chi connectivity index (χ1) is 16.3. The summed E-state index contributed by atoms with van der Waals surface area (Å²) in [6.07, 6.45) is 1.80. The maximum absolute atomic E-state index is 12.6. The normalized spacial score (nSPS) is 18.6. The highest BCUT2D eigenvalue weighted by molar-refractivity contribution is 7.90. The van der Waals surface area contributed by atoms with Crippen molar-refractivity contribution in [3.8, 4) is 16.9 Å². The van der Waals surface area contributed by atoms with E-state index in [9.17, 15) is 18.0 Å². The van der Waals surface area contributed by atoms with Gasteiger partial charge in [-0.2, -0.15) is 0 Å². The van der Waals surface area contributed by atoms with Crippen LogP contribution in [0.3, 0.4) is 0 Å². The van der Waals surface area contributed by atoms with Gasteiger partial charge in [0.25, 0.3) is 5.91 Å². The summed E-state index contributed by atoms with van der Waals surface area (Å²) < 4.78 is 29.7. The van der Waals surface area contributed by atoms with E-state index in [1.165, 1.54) is 6.26 Å². The highest BCUT2D eigenvalue weighted by Crippen LogP contribution is 2.39. The van der Waals surface area contributed by atoms with E-state index in [2.05, 4.69) is 10.6 Å². The summed E-state index contributed by atoms with van der Waals surface area (Å²) in [6.45, 7) is 0.349. The minimum atomic E-state index is -3.26. The average Bonchev–Trinajstić information content (AvgIpc) is 3.38. The van der Waals surface area contributed by atoms with Crippen molar-refractivity contribution >= 4 is 21.7 Å². The van der Waals surface area contributed by atoms with Crippen molar-refractivity contribution < 1.29 is 22.7 Å². The molecule has 2 atom stereocenters. The molecule has 0 aromatic heterocycles. The number of rotatable bonds is 6. The van der Waals surface area contributed by atoms with E-state index in [0.717, 1.165) is 28.0 Å². The smallest absolute Gasteiger partial charge is 0.252 e. The Hall–Kier alpha value is -3.65. The molecule has 7 nitrogen and oxygen atoms in total. The van der Waals surface area contributed by atoms with Crippen LogP contribution < -0.4 is 15.4 Å². The second-order valence-corrected chi connectivity index (χ2v) is 10.7. The van der Waals surface area contributed by atoms with Gasteiger partial charge in [0.1, 0.15) is 11.9 Å². The molecule has 174 valence electrons. The Bertz CT molecular complexity index is 1380. The van der Waals surface area contributed by atoms with Crippen LogP contribution in [-0.2, 0) is 21.1 Å². The first-order valence-electron chi connectivity index (χ1n) is 11.0. The monoisotopic (exact) mass is 476 g/mol. The molecule has 0 unspecified atom stereocenters. The fourth-order valence-electron chi connectivity index (χ4n) is 4.53. The molecule has 2 aliphatic heterocycles. The Balaban J connectivity index is 1.22. The van der Waals surface area contributed by atoms with Crippen molar-refractivity contribution in [1.82, 2.24) is 10.6 Å². The number of sulfone groups is 1. The van der Waals surface area contributed by atoms with Crippen LogP contribution >= 0.6 is 0 Å². The quantitative estimate of drug-likeness (QED) is 0.570. The van der Waals surface area contributed by atoms with Crippen LogP contribution in [0.1, 0.15) is 33.9 Å². The largest absolute Gasteiger partial charge is 0.487 e. The van der Waals surface area contributed by atoms with Crippen molar-refractivity contribution in [2.24, 2.45) is 0 Å². The minimum absolute atomic E-state index is 0.153. The van der Waals surface area contributed by atoms with Gasteiger partial charge in [-0.15, -0.1) is 0 Å². The fourth-order valence-corrected chi connectivity index (χ4v) is 5.16. The minimum Gasteiger partial charge on any atom is -0.487 e. The highest BCUT2D eigenvalue weighted by Gasteiger charge is 2.30. The van der Waals surface area contributed by atoms with Crippen LogP contribution in [-0.4, -0.2) is 39.1 Å². The topological polar surface area (TPSA) is 102 Å². The van der Waals surface area contributed by atoms with Gasteiger partial charge in [-0.25, -0.2) is 8.42 Å². The summed E-state index contributed by atoms with van der Waals surface area (Å²) in [4.78, 5) is 24.9. The average molecular weight is 477 g/mol. The van der Waals surface area contributed by atoms with Gasteiger partial charge >= 0.3 is 0 Å². The van der Waals surface area contributed by atoms with Crippen molar-refractivity contribution in [3.05, 3.63) is 83.4 Å². The predicted molar refractivity (Wildman–Crippen MR) is 127 cm³/mol. The second kappa shape index (κ2) is 8.61. The van der Waals surface area contributed by atoms with Crippen LogP contribution in [0.15, 0.2) is 71.6 Å². The number of amides is 2. The van der Waals surface area contributed by atoms with Gasteiger partial charge in [0, 0.05) is 23.8 Å². The molecule has 0 radical (unpaired) electrons. The molecule has 0 bridgehead atoms. The Morgan fingerprint density at radius 3 is 2.53 bits per heavy atom. The first-order valence-corrected chi connectivity index (χ1v) is 12.9. The van der Waals surface area contributed by atoms with Gasteiger partial charge < -0.3 is 15.4 Å². The number of para-hydroxylation sites is 1. The van der Waals surface area contributed by atoms with E-state index in [-0.39, 0.29) is 35.3 Å². The number of benzene rings is 3. The molecule has 0 saturated heterocycles. The summed E-state index contributed by atoms with van der Waals surface area (Å²) in [5, 5.41) is 5.80. The molecule has 0 spiro atoms. The number of ether oxygens (including phenoxy) is 1. The number of hydrogen-bond donors (Lipinski definition) is 2. The number of nitrogens with one attached hydrogen (secondary N) is 2. The fraction of sp³-hybridized carbons (Fsp3) is 0.231. The van der Waals surface area contributed by atoms with Crippen LogP contribution in [0, 0.1) is 0 Å². The molecule has 0 aliphatic carbocycles. The van der Waals surface area contributed by atoms with E-state index < -0.39 is 9.84 Å². The maximum atomic E-state index is 12.6.